The van der Waals surface area contributed by atoms with Gasteiger partial charge in [0.05, 0.1) is 6.04 Å². The molecule has 0 aliphatic carbocycles. The lowest BCUT2D eigenvalue weighted by molar-refractivity contribution is -0.123. The summed E-state index contributed by atoms with van der Waals surface area (Å²) in [5.74, 6) is -0.0732. The molecule has 0 bridgehead atoms. The Morgan fingerprint density at radius 1 is 1.43 bits per heavy atom. The number of hydrogen-bond acceptors (Lipinski definition) is 4. The van der Waals surface area contributed by atoms with Gasteiger partial charge in [0.1, 0.15) is 6.10 Å². The molecule has 0 saturated heterocycles. The van der Waals surface area contributed by atoms with E-state index in [2.05, 4.69) is 5.32 Å². The van der Waals surface area contributed by atoms with Crippen molar-refractivity contribution in [3.8, 4) is 0 Å². The molecule has 4 nitrogen and oxygen atoms in total. The molecule has 2 rings (SSSR count). The van der Waals surface area contributed by atoms with Gasteiger partial charge in [-0.05, 0) is 23.4 Å². The molecular formula is C16H22N2O2S. The van der Waals surface area contributed by atoms with Crippen molar-refractivity contribution >= 4 is 27.3 Å². The number of carbonyl (C=O) groups excluding carboxylic acids is 1. The Morgan fingerprint density at radius 2 is 2.14 bits per heavy atom. The first kappa shape index (κ1) is 15.9. The quantitative estimate of drug-likeness (QED) is 0.767. The van der Waals surface area contributed by atoms with E-state index in [0.29, 0.717) is 0 Å². The SMILES string of the molecule is CCC(C)C(N)C(=O)NCC(O)c1cc2ccccc2s1. The van der Waals surface area contributed by atoms with Gasteiger partial charge in [-0.1, -0.05) is 38.5 Å². The number of nitrogens with two attached hydrogens (primary N) is 1. The summed E-state index contributed by atoms with van der Waals surface area (Å²) >= 11 is 1.54. The average molecular weight is 306 g/mol. The topological polar surface area (TPSA) is 75.4 Å². The first-order chi connectivity index (χ1) is 10.0. The van der Waals surface area contributed by atoms with Crippen molar-refractivity contribution in [3.63, 3.8) is 0 Å². The van der Waals surface area contributed by atoms with E-state index in [4.69, 9.17) is 5.73 Å². The Hall–Kier alpha value is -1.43. The minimum absolute atomic E-state index is 0.131. The maximum atomic E-state index is 11.9. The third-order valence-electron chi connectivity index (χ3n) is 3.80. The van der Waals surface area contributed by atoms with Gasteiger partial charge >= 0.3 is 0 Å². The predicted molar refractivity (Wildman–Crippen MR) is 87.2 cm³/mol. The number of nitrogens with one attached hydrogen (secondary N) is 1. The highest BCUT2D eigenvalue weighted by Crippen LogP contribution is 2.29. The molecule has 1 amide bonds. The van der Waals surface area contributed by atoms with E-state index in [1.807, 2.05) is 44.2 Å². The summed E-state index contributed by atoms with van der Waals surface area (Å²) in [6.07, 6.45) is 0.156. The minimum atomic E-state index is -0.699. The monoisotopic (exact) mass is 306 g/mol. The minimum Gasteiger partial charge on any atom is -0.386 e. The van der Waals surface area contributed by atoms with Crippen molar-refractivity contribution < 1.29 is 9.90 Å². The first-order valence-corrected chi connectivity index (χ1v) is 8.04. The number of thiophene rings is 1. The fourth-order valence-electron chi connectivity index (χ4n) is 2.09. The highest BCUT2D eigenvalue weighted by molar-refractivity contribution is 7.19. The molecule has 0 saturated carbocycles. The molecule has 0 fully saturated rings. The molecule has 0 aliphatic heterocycles. The normalized spacial score (nSPS) is 15.6. The number of fused-ring (bicyclic) bond motifs is 1. The summed E-state index contributed by atoms with van der Waals surface area (Å²) in [6, 6.07) is 9.42. The number of rotatable bonds is 6. The number of aliphatic hydroxyl groups is 1. The fraction of sp³-hybridized carbons (Fsp3) is 0.438. The maximum absolute atomic E-state index is 11.9. The smallest absolute Gasteiger partial charge is 0.237 e. The Balaban J connectivity index is 1.95. The molecule has 3 unspecified atom stereocenters. The van der Waals surface area contributed by atoms with Gasteiger partial charge in [-0.25, -0.2) is 0 Å². The summed E-state index contributed by atoms with van der Waals surface area (Å²) in [4.78, 5) is 12.8. The van der Waals surface area contributed by atoms with E-state index in [1.54, 1.807) is 11.3 Å². The Morgan fingerprint density at radius 3 is 2.81 bits per heavy atom. The van der Waals surface area contributed by atoms with Gasteiger partial charge in [0, 0.05) is 16.1 Å². The number of hydrogen-bond donors (Lipinski definition) is 3. The largest absolute Gasteiger partial charge is 0.386 e. The second-order valence-corrected chi connectivity index (χ2v) is 6.47. The lowest BCUT2D eigenvalue weighted by Crippen LogP contribution is -2.45. The van der Waals surface area contributed by atoms with E-state index in [-0.39, 0.29) is 18.4 Å². The Kier molecular flexibility index (Phi) is 5.33. The van der Waals surface area contributed by atoms with E-state index < -0.39 is 12.1 Å². The van der Waals surface area contributed by atoms with Gasteiger partial charge in [-0.15, -0.1) is 11.3 Å². The summed E-state index contributed by atoms with van der Waals surface area (Å²) in [5.41, 5.74) is 5.87. The van der Waals surface area contributed by atoms with Crippen LogP contribution in [-0.4, -0.2) is 23.6 Å². The third-order valence-corrected chi connectivity index (χ3v) is 5.02. The van der Waals surface area contributed by atoms with Crippen molar-refractivity contribution in [2.45, 2.75) is 32.4 Å². The van der Waals surface area contributed by atoms with Gasteiger partial charge in [0.25, 0.3) is 0 Å². The van der Waals surface area contributed by atoms with E-state index in [0.717, 1.165) is 21.4 Å². The van der Waals surface area contributed by atoms with Gasteiger partial charge in [0.15, 0.2) is 0 Å². The van der Waals surface area contributed by atoms with Crippen LogP contribution >= 0.6 is 11.3 Å². The van der Waals surface area contributed by atoms with Crippen molar-refractivity contribution in [2.75, 3.05) is 6.54 Å². The number of aliphatic hydroxyl groups excluding tert-OH is 1. The number of amides is 1. The summed E-state index contributed by atoms with van der Waals surface area (Å²) in [5, 5.41) is 14.0. The van der Waals surface area contributed by atoms with E-state index >= 15 is 0 Å². The molecule has 2 aromatic rings. The molecule has 1 aromatic carbocycles. The van der Waals surface area contributed by atoms with Crippen LogP contribution in [0.25, 0.3) is 10.1 Å². The molecule has 4 N–H and O–H groups in total. The van der Waals surface area contributed by atoms with Crippen molar-refractivity contribution in [1.82, 2.24) is 5.32 Å². The van der Waals surface area contributed by atoms with Gasteiger partial charge < -0.3 is 16.2 Å². The zero-order valence-corrected chi connectivity index (χ0v) is 13.2. The molecule has 0 radical (unpaired) electrons. The molecule has 1 heterocycles. The van der Waals surface area contributed by atoms with Gasteiger partial charge in [-0.2, -0.15) is 0 Å². The van der Waals surface area contributed by atoms with Crippen LogP contribution in [0.15, 0.2) is 30.3 Å². The van der Waals surface area contributed by atoms with Crippen molar-refractivity contribution in [3.05, 3.63) is 35.2 Å². The lowest BCUT2D eigenvalue weighted by atomic mass is 9.99. The van der Waals surface area contributed by atoms with Crippen LogP contribution in [0.3, 0.4) is 0 Å². The summed E-state index contributed by atoms with van der Waals surface area (Å²) in [7, 11) is 0. The van der Waals surface area contributed by atoms with Crippen LogP contribution in [0, 0.1) is 5.92 Å². The van der Waals surface area contributed by atoms with Crippen LogP contribution in [0.2, 0.25) is 0 Å². The molecule has 0 spiro atoms. The molecule has 5 heteroatoms. The highest BCUT2D eigenvalue weighted by atomic mass is 32.1. The Bertz CT molecular complexity index is 578. The summed E-state index contributed by atoms with van der Waals surface area (Å²) < 4.78 is 1.13. The van der Waals surface area contributed by atoms with Crippen LogP contribution < -0.4 is 11.1 Å². The van der Waals surface area contributed by atoms with E-state index in [1.165, 1.54) is 0 Å². The zero-order valence-electron chi connectivity index (χ0n) is 12.4. The van der Waals surface area contributed by atoms with Gasteiger partial charge in [0.2, 0.25) is 5.91 Å². The van der Waals surface area contributed by atoms with Crippen molar-refractivity contribution in [2.24, 2.45) is 11.7 Å². The number of benzene rings is 1. The predicted octanol–water partition coefficient (Wildman–Crippen LogP) is 2.42. The van der Waals surface area contributed by atoms with Crippen LogP contribution in [0.4, 0.5) is 0 Å². The second kappa shape index (κ2) is 7.02. The zero-order chi connectivity index (χ0) is 15.4. The molecule has 0 aliphatic rings. The van der Waals surface area contributed by atoms with Gasteiger partial charge in [-0.3, -0.25) is 4.79 Å². The third kappa shape index (κ3) is 3.81. The highest BCUT2D eigenvalue weighted by Gasteiger charge is 2.20. The molecular weight excluding hydrogens is 284 g/mol. The molecule has 114 valence electrons. The Labute approximate surface area is 129 Å². The van der Waals surface area contributed by atoms with Crippen LogP contribution in [0.5, 0.6) is 0 Å². The lowest BCUT2D eigenvalue weighted by Gasteiger charge is -2.18. The standard InChI is InChI=1S/C16H22N2O2S/c1-3-10(2)15(17)16(20)18-9-12(19)14-8-11-6-4-5-7-13(11)21-14/h4-8,10,12,15,19H,3,9,17H2,1-2H3,(H,18,20). The number of carbonyl (C=O) groups is 1. The molecule has 21 heavy (non-hydrogen) atoms. The van der Waals surface area contributed by atoms with Crippen molar-refractivity contribution in [1.29, 1.82) is 0 Å². The first-order valence-electron chi connectivity index (χ1n) is 7.22. The van der Waals surface area contributed by atoms with Crippen LogP contribution in [0.1, 0.15) is 31.2 Å². The fourth-order valence-corrected chi connectivity index (χ4v) is 3.15. The average Bonchev–Trinajstić information content (AvgIpc) is 2.94. The van der Waals surface area contributed by atoms with E-state index in [9.17, 15) is 9.90 Å². The van der Waals surface area contributed by atoms with Crippen LogP contribution in [-0.2, 0) is 4.79 Å². The summed E-state index contributed by atoms with van der Waals surface area (Å²) in [6.45, 7) is 4.15. The molecule has 3 atom stereocenters. The maximum Gasteiger partial charge on any atom is 0.237 e. The second-order valence-electron chi connectivity index (χ2n) is 5.36. The molecule has 1 aromatic heterocycles.